The van der Waals surface area contributed by atoms with E-state index >= 15 is 0 Å². The molecule has 1 nitrogen and oxygen atoms in total. The Kier molecular flexibility index (Phi) is 5.25. The minimum absolute atomic E-state index is 0.170. The summed E-state index contributed by atoms with van der Waals surface area (Å²) in [7, 11) is 1.92. The van der Waals surface area contributed by atoms with Gasteiger partial charge in [0.25, 0.3) is 0 Å². The maximum atomic E-state index is 12.8. The molecule has 4 heteroatoms. The predicted molar refractivity (Wildman–Crippen MR) is 80.4 cm³/mol. The first-order chi connectivity index (χ1) is 9.20. The quantitative estimate of drug-likeness (QED) is 0.813. The van der Waals surface area contributed by atoms with E-state index in [1.807, 2.05) is 31.3 Å². The van der Waals surface area contributed by atoms with Crippen LogP contribution in [0.15, 0.2) is 53.4 Å². The molecule has 0 fully saturated rings. The van der Waals surface area contributed by atoms with Gasteiger partial charge in [0.15, 0.2) is 0 Å². The van der Waals surface area contributed by atoms with E-state index in [1.54, 1.807) is 23.9 Å². The second-order valence-electron chi connectivity index (χ2n) is 4.13. The average molecular weight is 296 g/mol. The van der Waals surface area contributed by atoms with E-state index in [0.29, 0.717) is 0 Å². The van der Waals surface area contributed by atoms with Crippen LogP contribution in [0.1, 0.15) is 11.6 Å². The van der Waals surface area contributed by atoms with Crippen LogP contribution in [0.25, 0.3) is 0 Å². The molecule has 0 aliphatic rings. The molecular weight excluding hydrogens is 281 g/mol. The molecule has 0 aliphatic heterocycles. The summed E-state index contributed by atoms with van der Waals surface area (Å²) in [6.07, 6.45) is 0. The molecule has 19 heavy (non-hydrogen) atoms. The van der Waals surface area contributed by atoms with Crippen LogP contribution >= 0.6 is 23.4 Å². The van der Waals surface area contributed by atoms with Gasteiger partial charge in [0, 0.05) is 21.7 Å². The van der Waals surface area contributed by atoms with Gasteiger partial charge in [-0.15, -0.1) is 11.8 Å². The molecule has 0 heterocycles. The standard InChI is InChI=1S/C15H15ClFNS/c1-18-15(13-4-2-3-5-14(13)16)10-19-12-8-6-11(17)7-9-12/h2-9,15,18H,10H2,1H3. The Morgan fingerprint density at radius 2 is 1.84 bits per heavy atom. The smallest absolute Gasteiger partial charge is 0.123 e. The number of nitrogens with one attached hydrogen (secondary N) is 1. The molecule has 1 atom stereocenters. The van der Waals surface area contributed by atoms with Gasteiger partial charge >= 0.3 is 0 Å². The van der Waals surface area contributed by atoms with Crippen LogP contribution in [-0.4, -0.2) is 12.8 Å². The summed E-state index contributed by atoms with van der Waals surface area (Å²) in [5.74, 6) is 0.631. The molecule has 0 spiro atoms. The highest BCUT2D eigenvalue weighted by atomic mass is 35.5. The fourth-order valence-electron chi connectivity index (χ4n) is 1.80. The molecule has 0 bridgehead atoms. The summed E-state index contributed by atoms with van der Waals surface area (Å²) in [5, 5.41) is 4.03. The third kappa shape index (κ3) is 3.96. The van der Waals surface area contributed by atoms with Crippen molar-refractivity contribution in [2.75, 3.05) is 12.8 Å². The van der Waals surface area contributed by atoms with Crippen molar-refractivity contribution in [3.63, 3.8) is 0 Å². The Morgan fingerprint density at radius 1 is 1.16 bits per heavy atom. The molecule has 100 valence electrons. The van der Waals surface area contributed by atoms with Crippen molar-refractivity contribution in [1.29, 1.82) is 0 Å². The fourth-order valence-corrected chi connectivity index (χ4v) is 3.10. The second-order valence-corrected chi connectivity index (χ2v) is 5.63. The van der Waals surface area contributed by atoms with Gasteiger partial charge in [-0.1, -0.05) is 29.8 Å². The summed E-state index contributed by atoms with van der Waals surface area (Å²) >= 11 is 7.88. The second kappa shape index (κ2) is 6.94. The van der Waals surface area contributed by atoms with Crippen LogP contribution in [0.2, 0.25) is 5.02 Å². The molecule has 0 saturated carbocycles. The number of rotatable bonds is 5. The van der Waals surface area contributed by atoms with Crippen LogP contribution in [0.3, 0.4) is 0 Å². The van der Waals surface area contributed by atoms with E-state index in [9.17, 15) is 4.39 Å². The minimum Gasteiger partial charge on any atom is -0.312 e. The Labute approximate surface area is 122 Å². The summed E-state index contributed by atoms with van der Waals surface area (Å²) < 4.78 is 12.8. The molecule has 2 rings (SSSR count). The lowest BCUT2D eigenvalue weighted by Crippen LogP contribution is -2.19. The van der Waals surface area contributed by atoms with Crippen molar-refractivity contribution in [3.8, 4) is 0 Å². The Balaban J connectivity index is 2.04. The van der Waals surface area contributed by atoms with E-state index in [0.717, 1.165) is 21.2 Å². The molecule has 0 amide bonds. The number of hydrogen-bond donors (Lipinski definition) is 1. The van der Waals surface area contributed by atoms with Gasteiger partial charge in [0.1, 0.15) is 5.82 Å². The molecule has 2 aromatic carbocycles. The van der Waals surface area contributed by atoms with Gasteiger partial charge in [0.05, 0.1) is 0 Å². The van der Waals surface area contributed by atoms with E-state index in [4.69, 9.17) is 11.6 Å². The monoisotopic (exact) mass is 295 g/mol. The molecule has 0 radical (unpaired) electrons. The molecule has 1 unspecified atom stereocenters. The van der Waals surface area contributed by atoms with Crippen LogP contribution in [-0.2, 0) is 0 Å². The third-order valence-electron chi connectivity index (χ3n) is 2.86. The van der Waals surface area contributed by atoms with Crippen molar-refractivity contribution in [3.05, 3.63) is 64.9 Å². The highest BCUT2D eigenvalue weighted by Gasteiger charge is 2.12. The van der Waals surface area contributed by atoms with Crippen molar-refractivity contribution in [2.24, 2.45) is 0 Å². The van der Waals surface area contributed by atoms with Crippen molar-refractivity contribution < 1.29 is 4.39 Å². The van der Waals surface area contributed by atoms with E-state index in [2.05, 4.69) is 5.32 Å². The SMILES string of the molecule is CNC(CSc1ccc(F)cc1)c1ccccc1Cl. The van der Waals surface area contributed by atoms with Gasteiger partial charge in [0.2, 0.25) is 0 Å². The summed E-state index contributed by atoms with van der Waals surface area (Å²) in [5.41, 5.74) is 1.08. The van der Waals surface area contributed by atoms with Crippen LogP contribution in [0.5, 0.6) is 0 Å². The zero-order valence-electron chi connectivity index (χ0n) is 10.6. The maximum Gasteiger partial charge on any atom is 0.123 e. The summed E-state index contributed by atoms with van der Waals surface area (Å²) in [6, 6.07) is 14.5. The molecule has 0 aliphatic carbocycles. The Morgan fingerprint density at radius 3 is 2.47 bits per heavy atom. The zero-order valence-corrected chi connectivity index (χ0v) is 12.1. The number of halogens is 2. The highest BCUT2D eigenvalue weighted by Crippen LogP contribution is 2.28. The van der Waals surface area contributed by atoms with Gasteiger partial charge in [-0.25, -0.2) is 4.39 Å². The van der Waals surface area contributed by atoms with Crippen LogP contribution in [0, 0.1) is 5.82 Å². The molecule has 2 aromatic rings. The first kappa shape index (κ1) is 14.4. The average Bonchev–Trinajstić information content (AvgIpc) is 2.43. The van der Waals surface area contributed by atoms with Gasteiger partial charge in [-0.05, 0) is 42.9 Å². The molecule has 0 aromatic heterocycles. The summed E-state index contributed by atoms with van der Waals surface area (Å²) in [4.78, 5) is 1.05. The molecule has 0 saturated heterocycles. The van der Waals surface area contributed by atoms with E-state index in [-0.39, 0.29) is 11.9 Å². The Hall–Kier alpha value is -1.03. The first-order valence-corrected chi connectivity index (χ1v) is 7.37. The topological polar surface area (TPSA) is 12.0 Å². The van der Waals surface area contributed by atoms with Crippen LogP contribution in [0.4, 0.5) is 4.39 Å². The lowest BCUT2D eigenvalue weighted by atomic mass is 10.1. The van der Waals surface area contributed by atoms with Crippen molar-refractivity contribution in [1.82, 2.24) is 5.32 Å². The van der Waals surface area contributed by atoms with Gasteiger partial charge < -0.3 is 5.32 Å². The van der Waals surface area contributed by atoms with Crippen LogP contribution < -0.4 is 5.32 Å². The van der Waals surface area contributed by atoms with Crippen molar-refractivity contribution >= 4 is 23.4 Å². The number of benzene rings is 2. The highest BCUT2D eigenvalue weighted by molar-refractivity contribution is 7.99. The fraction of sp³-hybridized carbons (Fsp3) is 0.200. The van der Waals surface area contributed by atoms with E-state index in [1.165, 1.54) is 12.1 Å². The molecular formula is C15H15ClFNS. The normalized spacial score (nSPS) is 12.4. The predicted octanol–water partition coefficient (Wildman–Crippen LogP) is 4.53. The number of thioether (sulfide) groups is 1. The zero-order chi connectivity index (χ0) is 13.7. The largest absolute Gasteiger partial charge is 0.312 e. The lowest BCUT2D eigenvalue weighted by Gasteiger charge is -2.17. The summed E-state index contributed by atoms with van der Waals surface area (Å²) in [6.45, 7) is 0. The van der Waals surface area contributed by atoms with Gasteiger partial charge in [-0.3, -0.25) is 0 Å². The van der Waals surface area contributed by atoms with E-state index < -0.39 is 0 Å². The maximum absolute atomic E-state index is 12.8. The third-order valence-corrected chi connectivity index (χ3v) is 4.31. The Bertz CT molecular complexity index is 530. The lowest BCUT2D eigenvalue weighted by molar-refractivity contribution is 0.626. The minimum atomic E-state index is -0.208. The molecule has 1 N–H and O–H groups in total. The van der Waals surface area contributed by atoms with Crippen molar-refractivity contribution in [2.45, 2.75) is 10.9 Å². The first-order valence-electron chi connectivity index (χ1n) is 6.01. The van der Waals surface area contributed by atoms with Gasteiger partial charge in [-0.2, -0.15) is 0 Å². The number of hydrogen-bond acceptors (Lipinski definition) is 2.